The zero-order chi connectivity index (χ0) is 16.7. The molecule has 0 heterocycles. The summed E-state index contributed by atoms with van der Waals surface area (Å²) in [4.78, 5) is 26.4. The molecule has 2 aromatic rings. The molecule has 23 heavy (non-hydrogen) atoms. The van der Waals surface area contributed by atoms with Crippen molar-refractivity contribution in [2.45, 2.75) is 25.8 Å². The minimum atomic E-state index is -0.529. The number of carbonyl (C=O) groups excluding carboxylic acids is 2. The average Bonchev–Trinajstić information content (AvgIpc) is 2.60. The van der Waals surface area contributed by atoms with Crippen molar-refractivity contribution in [2.75, 3.05) is 7.05 Å². The van der Waals surface area contributed by atoms with Gasteiger partial charge in [-0.2, -0.15) is 0 Å². The fourth-order valence-electron chi connectivity index (χ4n) is 2.36. The van der Waals surface area contributed by atoms with E-state index in [1.54, 1.807) is 43.4 Å². The highest BCUT2D eigenvalue weighted by molar-refractivity contribution is 6.01. The van der Waals surface area contributed by atoms with E-state index >= 15 is 0 Å². The first-order valence-corrected chi connectivity index (χ1v) is 7.72. The van der Waals surface area contributed by atoms with E-state index in [0.717, 1.165) is 6.42 Å². The van der Waals surface area contributed by atoms with Gasteiger partial charge in [-0.1, -0.05) is 61.9 Å². The highest BCUT2D eigenvalue weighted by atomic mass is 16.6. The molecule has 4 nitrogen and oxygen atoms in total. The fourth-order valence-corrected chi connectivity index (χ4v) is 2.36. The number of rotatable bonds is 6. The molecular weight excluding hydrogens is 290 g/mol. The number of benzene rings is 2. The van der Waals surface area contributed by atoms with Crippen LogP contribution in [0.4, 0.5) is 4.79 Å². The number of hydrogen-bond acceptors (Lipinski definition) is 3. The second kappa shape index (κ2) is 8.13. The third-order valence-corrected chi connectivity index (χ3v) is 3.63. The average molecular weight is 311 g/mol. The van der Waals surface area contributed by atoms with Crippen LogP contribution in [0.1, 0.15) is 30.1 Å². The van der Waals surface area contributed by atoms with Crippen LogP contribution in [0.15, 0.2) is 60.7 Å². The fraction of sp³-hybridized carbons (Fsp3) is 0.263. The Morgan fingerprint density at radius 3 is 2.13 bits per heavy atom. The quantitative estimate of drug-likeness (QED) is 0.752. The van der Waals surface area contributed by atoms with E-state index in [-0.39, 0.29) is 5.78 Å². The number of ether oxygens (including phenoxy) is 1. The highest BCUT2D eigenvalue weighted by Crippen LogP contribution is 2.16. The Morgan fingerprint density at radius 1 is 1.00 bits per heavy atom. The molecule has 0 aliphatic rings. The van der Waals surface area contributed by atoms with Gasteiger partial charge in [0.15, 0.2) is 5.78 Å². The van der Waals surface area contributed by atoms with Gasteiger partial charge < -0.3 is 9.64 Å². The minimum Gasteiger partial charge on any atom is -0.410 e. The summed E-state index contributed by atoms with van der Waals surface area (Å²) in [5, 5.41) is 0. The number of hydrogen-bond donors (Lipinski definition) is 0. The second-order valence-corrected chi connectivity index (χ2v) is 5.33. The van der Waals surface area contributed by atoms with Gasteiger partial charge in [-0.3, -0.25) is 4.79 Å². The number of carbonyl (C=O) groups is 2. The smallest absolute Gasteiger partial charge is 0.410 e. The molecule has 0 aromatic heterocycles. The van der Waals surface area contributed by atoms with Crippen molar-refractivity contribution in [1.29, 1.82) is 0 Å². The number of ketones is 1. The molecule has 1 unspecified atom stereocenters. The Morgan fingerprint density at radius 2 is 1.57 bits per heavy atom. The highest BCUT2D eigenvalue weighted by Gasteiger charge is 2.28. The van der Waals surface area contributed by atoms with Crippen molar-refractivity contribution in [2.24, 2.45) is 0 Å². The molecule has 0 saturated heterocycles. The van der Waals surface area contributed by atoms with E-state index in [2.05, 4.69) is 0 Å². The maximum absolute atomic E-state index is 12.7. The molecule has 0 radical (unpaired) electrons. The zero-order valence-corrected chi connectivity index (χ0v) is 13.4. The maximum atomic E-state index is 12.7. The lowest BCUT2D eigenvalue weighted by atomic mass is 9.99. The Labute approximate surface area is 136 Å². The third kappa shape index (κ3) is 4.42. The zero-order valence-electron chi connectivity index (χ0n) is 13.4. The van der Waals surface area contributed by atoms with Gasteiger partial charge in [0.05, 0.1) is 6.04 Å². The molecule has 0 aliphatic carbocycles. The minimum absolute atomic E-state index is 0.0695. The van der Waals surface area contributed by atoms with Gasteiger partial charge in [-0.05, 0) is 18.6 Å². The molecule has 0 fully saturated rings. The van der Waals surface area contributed by atoms with Crippen molar-refractivity contribution in [1.82, 2.24) is 4.90 Å². The van der Waals surface area contributed by atoms with Gasteiger partial charge in [0.2, 0.25) is 0 Å². The monoisotopic (exact) mass is 311 g/mol. The summed E-state index contributed by atoms with van der Waals surface area (Å²) in [7, 11) is 1.60. The first-order chi connectivity index (χ1) is 11.1. The van der Waals surface area contributed by atoms with Crippen molar-refractivity contribution in [3.05, 3.63) is 66.2 Å². The lowest BCUT2D eigenvalue weighted by Crippen LogP contribution is -2.43. The summed E-state index contributed by atoms with van der Waals surface area (Å²) in [6.07, 6.45) is 0.860. The molecule has 1 atom stereocenters. The van der Waals surface area contributed by atoms with E-state index in [4.69, 9.17) is 4.74 Å². The van der Waals surface area contributed by atoms with Crippen LogP contribution in [0.5, 0.6) is 5.75 Å². The summed E-state index contributed by atoms with van der Waals surface area (Å²) >= 11 is 0. The van der Waals surface area contributed by atoms with Crippen molar-refractivity contribution < 1.29 is 14.3 Å². The van der Waals surface area contributed by atoms with Gasteiger partial charge in [0.25, 0.3) is 0 Å². The Hall–Kier alpha value is -2.62. The Balaban J connectivity index is 2.13. The summed E-state index contributed by atoms with van der Waals surface area (Å²) in [5.41, 5.74) is 0.602. The molecule has 120 valence electrons. The lowest BCUT2D eigenvalue weighted by molar-refractivity contribution is 0.0824. The van der Waals surface area contributed by atoms with E-state index in [1.807, 2.05) is 31.2 Å². The number of likely N-dealkylation sites (N-methyl/N-ethyl adjacent to an activating group) is 1. The van der Waals surface area contributed by atoms with Crippen LogP contribution in [0.3, 0.4) is 0 Å². The predicted molar refractivity (Wildman–Crippen MR) is 89.7 cm³/mol. The van der Waals surface area contributed by atoms with Crippen molar-refractivity contribution >= 4 is 11.9 Å². The van der Waals surface area contributed by atoms with Gasteiger partial charge in [-0.15, -0.1) is 0 Å². The molecule has 2 rings (SSSR count). The molecule has 0 saturated carbocycles. The number of para-hydroxylation sites is 1. The van der Waals surface area contributed by atoms with E-state index in [0.29, 0.717) is 17.7 Å². The normalized spacial score (nSPS) is 11.6. The summed E-state index contributed by atoms with van der Waals surface area (Å²) in [5.74, 6) is 0.395. The second-order valence-electron chi connectivity index (χ2n) is 5.33. The summed E-state index contributed by atoms with van der Waals surface area (Å²) in [6, 6.07) is 17.3. The Kier molecular flexibility index (Phi) is 5.92. The van der Waals surface area contributed by atoms with Gasteiger partial charge in [0, 0.05) is 12.6 Å². The summed E-state index contributed by atoms with van der Waals surface area (Å²) < 4.78 is 5.32. The standard InChI is InChI=1S/C19H21NO3/c1-3-10-17(18(21)15-11-6-4-7-12-15)20(2)19(22)23-16-13-8-5-9-14-16/h4-9,11-14,17H,3,10H2,1-2H3. The van der Waals surface area contributed by atoms with Crippen molar-refractivity contribution in [3.63, 3.8) is 0 Å². The van der Waals surface area contributed by atoms with Crippen LogP contribution in [0.2, 0.25) is 0 Å². The van der Waals surface area contributed by atoms with Crippen LogP contribution >= 0.6 is 0 Å². The molecule has 1 amide bonds. The SMILES string of the molecule is CCCC(C(=O)c1ccccc1)N(C)C(=O)Oc1ccccc1. The maximum Gasteiger partial charge on any atom is 0.415 e. The molecular formula is C19H21NO3. The topological polar surface area (TPSA) is 46.6 Å². The first-order valence-electron chi connectivity index (χ1n) is 7.72. The molecule has 0 N–H and O–H groups in total. The number of Topliss-reactive ketones (excluding diaryl/α,β-unsaturated/α-hetero) is 1. The van der Waals surface area contributed by atoms with E-state index in [9.17, 15) is 9.59 Å². The Bertz CT molecular complexity index is 640. The lowest BCUT2D eigenvalue weighted by Gasteiger charge is -2.26. The van der Waals surface area contributed by atoms with Crippen LogP contribution in [0.25, 0.3) is 0 Å². The number of nitrogens with zero attached hydrogens (tertiary/aromatic N) is 1. The predicted octanol–water partition coefficient (Wildman–Crippen LogP) is 4.17. The van der Waals surface area contributed by atoms with Crippen LogP contribution in [0, 0.1) is 0 Å². The van der Waals surface area contributed by atoms with Crippen LogP contribution in [-0.4, -0.2) is 29.9 Å². The van der Waals surface area contributed by atoms with Gasteiger partial charge in [-0.25, -0.2) is 4.79 Å². The largest absolute Gasteiger partial charge is 0.415 e. The molecule has 4 heteroatoms. The van der Waals surface area contributed by atoms with Gasteiger partial charge in [0.1, 0.15) is 5.75 Å². The van der Waals surface area contributed by atoms with E-state index < -0.39 is 12.1 Å². The molecule has 0 aliphatic heterocycles. The van der Waals surface area contributed by atoms with Crippen LogP contribution in [-0.2, 0) is 0 Å². The molecule has 0 spiro atoms. The summed E-state index contributed by atoms with van der Waals surface area (Å²) in [6.45, 7) is 1.99. The van der Waals surface area contributed by atoms with Crippen molar-refractivity contribution in [3.8, 4) is 5.75 Å². The third-order valence-electron chi connectivity index (χ3n) is 3.63. The van der Waals surface area contributed by atoms with E-state index in [1.165, 1.54) is 4.90 Å². The van der Waals surface area contributed by atoms with Crippen LogP contribution < -0.4 is 4.74 Å². The van der Waals surface area contributed by atoms with Gasteiger partial charge >= 0.3 is 6.09 Å². The number of amides is 1. The molecule has 0 bridgehead atoms. The first kappa shape index (κ1) is 16.7. The molecule has 2 aromatic carbocycles.